The largest absolute Gasteiger partial charge is 0.497 e. The van der Waals surface area contributed by atoms with Crippen LogP contribution in [0.25, 0.3) is 10.8 Å². The Morgan fingerprint density at radius 1 is 1.10 bits per heavy atom. The number of aryl methyl sites for hydroxylation is 1. The molecule has 0 aliphatic heterocycles. The fourth-order valence-corrected chi connectivity index (χ4v) is 2.49. The van der Waals surface area contributed by atoms with Gasteiger partial charge in [-0.05, 0) is 47.7 Å². The Hall–Kier alpha value is -2.55. The van der Waals surface area contributed by atoms with Crippen LogP contribution >= 0.6 is 0 Å². The maximum atomic E-state index is 12.6. The summed E-state index contributed by atoms with van der Waals surface area (Å²) in [6.07, 6.45) is 1.84. The van der Waals surface area contributed by atoms with E-state index in [1.807, 2.05) is 42.6 Å². The van der Waals surface area contributed by atoms with Crippen LogP contribution in [-0.4, -0.2) is 11.7 Å². The highest BCUT2D eigenvalue weighted by Crippen LogP contribution is 2.18. The van der Waals surface area contributed by atoms with Gasteiger partial charge in [-0.2, -0.15) is 0 Å². The molecule has 0 radical (unpaired) electrons. The zero-order valence-corrected chi connectivity index (χ0v) is 12.2. The third-order valence-electron chi connectivity index (χ3n) is 3.79. The van der Waals surface area contributed by atoms with E-state index in [0.717, 1.165) is 16.7 Å². The van der Waals surface area contributed by atoms with Crippen molar-refractivity contribution in [3.8, 4) is 5.75 Å². The van der Waals surface area contributed by atoms with Crippen LogP contribution in [0, 0.1) is 6.92 Å². The number of aromatic nitrogens is 1. The van der Waals surface area contributed by atoms with E-state index in [4.69, 9.17) is 4.74 Å². The number of hydrogen-bond acceptors (Lipinski definition) is 2. The van der Waals surface area contributed by atoms with Crippen LogP contribution in [0.3, 0.4) is 0 Å². The van der Waals surface area contributed by atoms with Crippen LogP contribution in [0.15, 0.2) is 59.5 Å². The molecule has 3 heteroatoms. The molecule has 0 bridgehead atoms. The first kappa shape index (κ1) is 13.4. The van der Waals surface area contributed by atoms with Gasteiger partial charge in [-0.15, -0.1) is 0 Å². The van der Waals surface area contributed by atoms with Gasteiger partial charge in [0.05, 0.1) is 13.7 Å². The highest BCUT2D eigenvalue weighted by Gasteiger charge is 2.05. The van der Waals surface area contributed by atoms with Gasteiger partial charge in [-0.25, -0.2) is 0 Å². The van der Waals surface area contributed by atoms with E-state index in [1.165, 1.54) is 5.56 Å². The molecule has 3 aromatic rings. The molecule has 1 heterocycles. The molecule has 106 valence electrons. The zero-order chi connectivity index (χ0) is 14.8. The average molecular weight is 279 g/mol. The van der Waals surface area contributed by atoms with E-state index in [1.54, 1.807) is 11.7 Å². The highest BCUT2D eigenvalue weighted by molar-refractivity contribution is 5.82. The molecule has 0 unspecified atom stereocenters. The van der Waals surface area contributed by atoms with Crippen molar-refractivity contribution in [1.82, 2.24) is 4.57 Å². The van der Waals surface area contributed by atoms with Gasteiger partial charge in [0.1, 0.15) is 5.75 Å². The summed E-state index contributed by atoms with van der Waals surface area (Å²) in [7, 11) is 1.63. The first-order chi connectivity index (χ1) is 10.2. The maximum Gasteiger partial charge on any atom is 0.258 e. The Morgan fingerprint density at radius 3 is 2.67 bits per heavy atom. The summed E-state index contributed by atoms with van der Waals surface area (Å²) in [6.45, 7) is 2.65. The summed E-state index contributed by atoms with van der Waals surface area (Å²) in [5, 5.41) is 1.62. The first-order valence-corrected chi connectivity index (χ1v) is 6.91. The van der Waals surface area contributed by atoms with Gasteiger partial charge in [0.25, 0.3) is 5.56 Å². The lowest BCUT2D eigenvalue weighted by Gasteiger charge is -2.10. The normalized spacial score (nSPS) is 10.8. The number of fused-ring (bicyclic) bond motifs is 1. The van der Waals surface area contributed by atoms with Gasteiger partial charge in [-0.3, -0.25) is 4.79 Å². The topological polar surface area (TPSA) is 31.2 Å². The molecule has 2 aromatic carbocycles. The molecule has 0 aliphatic rings. The Bertz CT molecular complexity index is 849. The van der Waals surface area contributed by atoms with Gasteiger partial charge in [0, 0.05) is 11.6 Å². The van der Waals surface area contributed by atoms with Crippen molar-refractivity contribution >= 4 is 10.8 Å². The lowest BCUT2D eigenvalue weighted by atomic mass is 10.1. The second kappa shape index (κ2) is 5.44. The van der Waals surface area contributed by atoms with Crippen LogP contribution in [0.2, 0.25) is 0 Å². The molecule has 3 nitrogen and oxygen atoms in total. The molecule has 0 aliphatic carbocycles. The second-order valence-electron chi connectivity index (χ2n) is 5.13. The van der Waals surface area contributed by atoms with Crippen molar-refractivity contribution in [3.63, 3.8) is 0 Å². The zero-order valence-electron chi connectivity index (χ0n) is 12.2. The molecule has 1 aromatic heterocycles. The van der Waals surface area contributed by atoms with Crippen LogP contribution in [0.5, 0.6) is 5.75 Å². The van der Waals surface area contributed by atoms with Crippen LogP contribution < -0.4 is 10.3 Å². The van der Waals surface area contributed by atoms with E-state index in [2.05, 4.69) is 19.1 Å². The number of ether oxygens (including phenoxy) is 1. The molecule has 21 heavy (non-hydrogen) atoms. The summed E-state index contributed by atoms with van der Waals surface area (Å²) >= 11 is 0. The van der Waals surface area contributed by atoms with Crippen molar-refractivity contribution in [3.05, 3.63) is 76.2 Å². The third-order valence-corrected chi connectivity index (χ3v) is 3.79. The monoisotopic (exact) mass is 279 g/mol. The van der Waals surface area contributed by atoms with E-state index < -0.39 is 0 Å². The number of benzene rings is 2. The molecular weight excluding hydrogens is 262 g/mol. The SMILES string of the molecule is COc1ccc2c(=O)n(Cc3ccccc3C)ccc2c1. The van der Waals surface area contributed by atoms with E-state index in [9.17, 15) is 4.79 Å². The fraction of sp³-hybridized carbons (Fsp3) is 0.167. The number of pyridine rings is 1. The van der Waals surface area contributed by atoms with Gasteiger partial charge in [-0.1, -0.05) is 24.3 Å². The number of methoxy groups -OCH3 is 1. The quantitative estimate of drug-likeness (QED) is 0.736. The summed E-state index contributed by atoms with van der Waals surface area (Å²) in [5.41, 5.74) is 2.38. The molecular formula is C18H17NO2. The molecule has 0 fully saturated rings. The minimum Gasteiger partial charge on any atom is -0.497 e. The van der Waals surface area contributed by atoms with Gasteiger partial charge >= 0.3 is 0 Å². The number of rotatable bonds is 3. The van der Waals surface area contributed by atoms with Crippen LogP contribution in [0.1, 0.15) is 11.1 Å². The molecule has 0 atom stereocenters. The standard InChI is InChI=1S/C18H17NO2/c1-13-5-3-4-6-15(13)12-19-10-9-14-11-16(21-2)7-8-17(14)18(19)20/h3-11H,12H2,1-2H3. The number of nitrogens with zero attached hydrogens (tertiary/aromatic N) is 1. The van der Waals surface area contributed by atoms with Crippen molar-refractivity contribution < 1.29 is 4.74 Å². The van der Waals surface area contributed by atoms with Gasteiger partial charge < -0.3 is 9.30 Å². The van der Waals surface area contributed by atoms with E-state index in [-0.39, 0.29) is 5.56 Å². The highest BCUT2D eigenvalue weighted by atomic mass is 16.5. The predicted molar refractivity (Wildman–Crippen MR) is 85.0 cm³/mol. The van der Waals surface area contributed by atoms with Crippen molar-refractivity contribution in [2.75, 3.05) is 7.11 Å². The summed E-state index contributed by atoms with van der Waals surface area (Å²) < 4.78 is 6.94. The summed E-state index contributed by atoms with van der Waals surface area (Å²) in [5.74, 6) is 0.763. The van der Waals surface area contributed by atoms with E-state index >= 15 is 0 Å². The average Bonchev–Trinajstić information content (AvgIpc) is 2.51. The second-order valence-corrected chi connectivity index (χ2v) is 5.13. The molecule has 0 saturated carbocycles. The number of hydrogen-bond donors (Lipinski definition) is 0. The maximum absolute atomic E-state index is 12.6. The Kier molecular flexibility index (Phi) is 3.48. The van der Waals surface area contributed by atoms with Crippen LogP contribution in [0.4, 0.5) is 0 Å². The Labute approximate surface area is 123 Å². The molecule has 0 spiro atoms. The van der Waals surface area contributed by atoms with Crippen LogP contribution in [-0.2, 0) is 6.54 Å². The lowest BCUT2D eigenvalue weighted by Crippen LogP contribution is -2.20. The van der Waals surface area contributed by atoms with Crippen molar-refractivity contribution in [2.24, 2.45) is 0 Å². The predicted octanol–water partition coefficient (Wildman–Crippen LogP) is 3.37. The summed E-state index contributed by atoms with van der Waals surface area (Å²) in [6, 6.07) is 15.6. The minimum atomic E-state index is 0.0263. The third kappa shape index (κ3) is 2.55. The first-order valence-electron chi connectivity index (χ1n) is 6.91. The molecule has 0 saturated heterocycles. The fourth-order valence-electron chi connectivity index (χ4n) is 2.49. The molecule has 3 rings (SSSR count). The Morgan fingerprint density at radius 2 is 1.90 bits per heavy atom. The minimum absolute atomic E-state index is 0.0263. The van der Waals surface area contributed by atoms with Gasteiger partial charge in [0.2, 0.25) is 0 Å². The van der Waals surface area contributed by atoms with E-state index in [0.29, 0.717) is 11.9 Å². The Balaban J connectivity index is 2.07. The van der Waals surface area contributed by atoms with Crippen molar-refractivity contribution in [1.29, 1.82) is 0 Å². The molecule has 0 N–H and O–H groups in total. The van der Waals surface area contributed by atoms with Gasteiger partial charge in [0.15, 0.2) is 0 Å². The smallest absolute Gasteiger partial charge is 0.258 e. The van der Waals surface area contributed by atoms with Crippen molar-refractivity contribution in [2.45, 2.75) is 13.5 Å². The molecule has 0 amide bonds. The lowest BCUT2D eigenvalue weighted by molar-refractivity contribution is 0.415. The summed E-state index contributed by atoms with van der Waals surface area (Å²) in [4.78, 5) is 12.6.